The Morgan fingerprint density at radius 2 is 2.64 bits per heavy atom. The Morgan fingerprint density at radius 3 is 3.18 bits per heavy atom. The number of nitrogens with one attached hydrogen (secondary N) is 2. The normalized spacial score (nSPS) is 9.18. The lowest BCUT2D eigenvalue weighted by Crippen LogP contribution is -2.28. The summed E-state index contributed by atoms with van der Waals surface area (Å²) in [6.07, 6.45) is 2.85. The summed E-state index contributed by atoms with van der Waals surface area (Å²) < 4.78 is 4.77. The van der Waals surface area contributed by atoms with Gasteiger partial charge in [-0.1, -0.05) is 0 Å². The predicted molar refractivity (Wildman–Crippen MR) is 39.2 cm³/mol. The van der Waals surface area contributed by atoms with Gasteiger partial charge in [0.25, 0.3) is 0 Å². The smallest absolute Gasteiger partial charge is 0.322 e. The summed E-state index contributed by atoms with van der Waals surface area (Å²) in [5.41, 5.74) is 0. The zero-order chi connectivity index (χ0) is 8.10. The van der Waals surface area contributed by atoms with Crippen LogP contribution in [0.3, 0.4) is 0 Å². The van der Waals surface area contributed by atoms with Crippen molar-refractivity contribution >= 4 is 12.0 Å². The third kappa shape index (κ3) is 2.29. The molecule has 0 aromatic carbocycles. The molecule has 60 valence electrons. The average Bonchev–Trinajstić information content (AvgIpc) is 2.40. The van der Waals surface area contributed by atoms with Crippen LogP contribution < -0.4 is 10.6 Å². The van der Waals surface area contributed by atoms with Crippen molar-refractivity contribution in [1.82, 2.24) is 10.3 Å². The second kappa shape index (κ2) is 3.60. The second-order valence-corrected chi connectivity index (χ2v) is 1.82. The number of carbonyl (C=O) groups excluding carboxylic acids is 1. The van der Waals surface area contributed by atoms with E-state index in [1.54, 1.807) is 0 Å². The number of hydrogen-bond acceptors (Lipinski definition) is 3. The Kier molecular flexibility index (Phi) is 2.48. The molecule has 0 aliphatic rings. The van der Waals surface area contributed by atoms with E-state index in [1.807, 2.05) is 6.92 Å². The van der Waals surface area contributed by atoms with Crippen molar-refractivity contribution in [3.05, 3.63) is 12.5 Å². The van der Waals surface area contributed by atoms with Gasteiger partial charge in [-0.05, 0) is 6.92 Å². The third-order valence-corrected chi connectivity index (χ3v) is 0.990. The largest absolute Gasteiger partial charge is 0.432 e. The van der Waals surface area contributed by atoms with Gasteiger partial charge in [0.2, 0.25) is 0 Å². The predicted octanol–water partition coefficient (Wildman–Crippen LogP) is 0.816. The van der Waals surface area contributed by atoms with Crippen LogP contribution in [0, 0.1) is 0 Å². The maximum Gasteiger partial charge on any atom is 0.322 e. The molecule has 0 atom stereocenters. The topological polar surface area (TPSA) is 67.2 Å². The van der Waals surface area contributed by atoms with Gasteiger partial charge in [0.1, 0.15) is 6.26 Å². The molecule has 2 N–H and O–H groups in total. The van der Waals surface area contributed by atoms with Gasteiger partial charge in [-0.15, -0.1) is 0 Å². The molecule has 0 radical (unpaired) electrons. The van der Waals surface area contributed by atoms with Crippen LogP contribution in [0.25, 0.3) is 0 Å². The van der Waals surface area contributed by atoms with Crippen molar-refractivity contribution in [1.29, 1.82) is 0 Å². The third-order valence-electron chi connectivity index (χ3n) is 0.990. The number of urea groups is 1. The summed E-state index contributed by atoms with van der Waals surface area (Å²) in [6, 6.07) is -0.106. The maximum atomic E-state index is 10.8. The van der Waals surface area contributed by atoms with Crippen LogP contribution in [0.1, 0.15) is 6.92 Å². The van der Waals surface area contributed by atoms with E-state index in [9.17, 15) is 4.79 Å². The minimum absolute atomic E-state index is 0.205. The summed E-state index contributed by atoms with van der Waals surface area (Å²) in [6.45, 7) is 2.40. The molecule has 5 nitrogen and oxygen atoms in total. The van der Waals surface area contributed by atoms with E-state index in [0.29, 0.717) is 6.54 Å². The minimum atomic E-state index is -0.310. The number of carbonyl (C=O) groups is 1. The quantitative estimate of drug-likeness (QED) is 0.664. The van der Waals surface area contributed by atoms with Crippen LogP contribution in [-0.2, 0) is 0 Å². The lowest BCUT2D eigenvalue weighted by Gasteiger charge is -1.99. The molecule has 0 aliphatic carbocycles. The Labute approximate surface area is 63.8 Å². The zero-order valence-corrected chi connectivity index (χ0v) is 6.13. The summed E-state index contributed by atoms with van der Waals surface area (Å²) in [7, 11) is 0. The fraction of sp³-hybridized carbons (Fsp3) is 0.333. The molecule has 1 rings (SSSR count). The summed E-state index contributed by atoms with van der Waals surface area (Å²) in [5.74, 6) is 0. The van der Waals surface area contributed by atoms with E-state index in [-0.39, 0.29) is 12.0 Å². The van der Waals surface area contributed by atoms with Crippen molar-refractivity contribution in [3.63, 3.8) is 0 Å². The molecule has 0 fully saturated rings. The standard InChI is InChI=1S/C6H9N3O2/c1-2-7-5(10)9-6-8-3-4-11-6/h3-4H,2H2,1H3,(H2,7,8,9,10). The fourth-order valence-corrected chi connectivity index (χ4v) is 0.587. The van der Waals surface area contributed by atoms with Crippen molar-refractivity contribution in [2.45, 2.75) is 6.92 Å². The van der Waals surface area contributed by atoms with Crippen molar-refractivity contribution in [2.75, 3.05) is 11.9 Å². The van der Waals surface area contributed by atoms with Gasteiger partial charge < -0.3 is 9.73 Å². The number of aromatic nitrogens is 1. The average molecular weight is 155 g/mol. The molecular formula is C6H9N3O2. The van der Waals surface area contributed by atoms with Crippen LogP contribution in [0.5, 0.6) is 0 Å². The van der Waals surface area contributed by atoms with Gasteiger partial charge in [-0.25, -0.2) is 9.78 Å². The molecule has 0 spiro atoms. The van der Waals surface area contributed by atoms with Gasteiger partial charge in [0.05, 0.1) is 6.20 Å². The highest BCUT2D eigenvalue weighted by molar-refractivity contribution is 5.86. The number of hydrogen-bond donors (Lipinski definition) is 2. The van der Waals surface area contributed by atoms with Crippen molar-refractivity contribution in [2.24, 2.45) is 0 Å². The molecule has 0 bridgehead atoms. The lowest BCUT2D eigenvalue weighted by atomic mass is 10.7. The Morgan fingerprint density at radius 1 is 1.82 bits per heavy atom. The van der Waals surface area contributed by atoms with Gasteiger partial charge in [-0.2, -0.15) is 0 Å². The summed E-state index contributed by atoms with van der Waals surface area (Å²) >= 11 is 0. The van der Waals surface area contributed by atoms with Crippen LogP contribution in [-0.4, -0.2) is 17.6 Å². The Hall–Kier alpha value is -1.52. The molecule has 0 saturated heterocycles. The number of nitrogens with zero attached hydrogens (tertiary/aromatic N) is 1. The zero-order valence-electron chi connectivity index (χ0n) is 6.13. The molecule has 1 aromatic heterocycles. The number of anilines is 1. The van der Waals surface area contributed by atoms with E-state index in [0.717, 1.165) is 0 Å². The fourth-order valence-electron chi connectivity index (χ4n) is 0.587. The van der Waals surface area contributed by atoms with E-state index in [4.69, 9.17) is 4.42 Å². The van der Waals surface area contributed by atoms with Crippen LogP contribution >= 0.6 is 0 Å². The molecule has 0 aliphatic heterocycles. The first-order valence-electron chi connectivity index (χ1n) is 3.27. The molecule has 0 saturated carbocycles. The minimum Gasteiger partial charge on any atom is -0.432 e. The van der Waals surface area contributed by atoms with Crippen molar-refractivity contribution < 1.29 is 9.21 Å². The molecule has 2 amide bonds. The van der Waals surface area contributed by atoms with Crippen molar-refractivity contribution in [3.8, 4) is 0 Å². The van der Waals surface area contributed by atoms with E-state index < -0.39 is 0 Å². The lowest BCUT2D eigenvalue weighted by molar-refractivity contribution is 0.252. The summed E-state index contributed by atoms with van der Waals surface area (Å²) in [5, 5.41) is 4.93. The highest BCUT2D eigenvalue weighted by Gasteiger charge is 2.01. The first-order valence-corrected chi connectivity index (χ1v) is 3.27. The first kappa shape index (κ1) is 7.59. The van der Waals surface area contributed by atoms with Crippen LogP contribution in [0.4, 0.5) is 10.8 Å². The monoisotopic (exact) mass is 155 g/mol. The van der Waals surface area contributed by atoms with E-state index in [1.165, 1.54) is 12.5 Å². The molecule has 1 aromatic rings. The maximum absolute atomic E-state index is 10.8. The first-order chi connectivity index (χ1) is 5.33. The molecule has 1 heterocycles. The van der Waals surface area contributed by atoms with Gasteiger partial charge >= 0.3 is 12.0 Å². The summed E-state index contributed by atoms with van der Waals surface area (Å²) in [4.78, 5) is 14.5. The second-order valence-electron chi connectivity index (χ2n) is 1.82. The Bertz CT molecular complexity index is 220. The molecule has 5 heteroatoms. The number of oxazole rings is 1. The van der Waals surface area contributed by atoms with Crippen LogP contribution in [0.15, 0.2) is 16.9 Å². The number of rotatable bonds is 2. The highest BCUT2D eigenvalue weighted by Crippen LogP contribution is 1.99. The van der Waals surface area contributed by atoms with Gasteiger partial charge in [-0.3, -0.25) is 5.32 Å². The Balaban J connectivity index is 2.37. The molecule has 11 heavy (non-hydrogen) atoms. The molecule has 0 unspecified atom stereocenters. The van der Waals surface area contributed by atoms with E-state index in [2.05, 4.69) is 15.6 Å². The molecular weight excluding hydrogens is 146 g/mol. The highest BCUT2D eigenvalue weighted by atomic mass is 16.4. The van der Waals surface area contributed by atoms with Gasteiger partial charge in [0, 0.05) is 6.54 Å². The SMILES string of the molecule is CCNC(=O)Nc1ncco1. The van der Waals surface area contributed by atoms with E-state index >= 15 is 0 Å². The van der Waals surface area contributed by atoms with Crippen LogP contribution in [0.2, 0.25) is 0 Å². The van der Waals surface area contributed by atoms with Gasteiger partial charge in [0.15, 0.2) is 0 Å². The number of amides is 2.